The maximum atomic E-state index is 13.0. The second-order valence-electron chi connectivity index (χ2n) is 14.3. The van der Waals surface area contributed by atoms with E-state index in [-0.39, 0.29) is 75.9 Å². The maximum Gasteiger partial charge on any atom is 0.220 e. The summed E-state index contributed by atoms with van der Waals surface area (Å²) >= 11 is 1.37. The van der Waals surface area contributed by atoms with Gasteiger partial charge >= 0.3 is 0 Å². The number of aliphatic hydroxyl groups excluding tert-OH is 6. The van der Waals surface area contributed by atoms with Crippen molar-refractivity contribution in [3.8, 4) is 0 Å². The van der Waals surface area contributed by atoms with Gasteiger partial charge in [0.25, 0.3) is 0 Å². The van der Waals surface area contributed by atoms with Crippen LogP contribution in [0.25, 0.3) is 0 Å². The molecule has 0 aliphatic carbocycles. The number of ether oxygens (including phenoxy) is 4. The van der Waals surface area contributed by atoms with Crippen LogP contribution >= 0.6 is 20.3 Å². The van der Waals surface area contributed by atoms with Crippen LogP contribution in [-0.4, -0.2) is 185 Å². The molecule has 0 bridgehead atoms. The molecule has 0 saturated carbocycles. The molecule has 0 radical (unpaired) electrons. The average molecular weight is 889 g/mol. The molecule has 0 aromatic heterocycles. The Kier molecular flexibility index (Phi) is 27.7. The van der Waals surface area contributed by atoms with E-state index in [0.717, 1.165) is 0 Å². The van der Waals surface area contributed by atoms with Gasteiger partial charge in [-0.05, 0) is 40.2 Å². The van der Waals surface area contributed by atoms with Crippen molar-refractivity contribution < 1.29 is 73.6 Å². The van der Waals surface area contributed by atoms with Gasteiger partial charge in [0, 0.05) is 56.7 Å². The molecule has 21 nitrogen and oxygen atoms in total. The summed E-state index contributed by atoms with van der Waals surface area (Å²) in [6, 6.07) is -2.04. The first-order valence-corrected chi connectivity index (χ1v) is 22.2. The smallest absolute Gasteiger partial charge is 0.220 e. The number of amides is 5. The van der Waals surface area contributed by atoms with Gasteiger partial charge in [0.05, 0.1) is 44.8 Å². The van der Waals surface area contributed by atoms with Crippen molar-refractivity contribution in [2.24, 2.45) is 0 Å². The molecule has 23 heteroatoms. The fraction of sp³-hybridized carbons (Fsp3) is 0.861. The molecule has 10 unspecified atom stereocenters. The van der Waals surface area contributed by atoms with Crippen LogP contribution in [0.2, 0.25) is 0 Å². The van der Waals surface area contributed by atoms with Crippen molar-refractivity contribution in [3.63, 3.8) is 0 Å². The molecule has 1 aliphatic heterocycles. The van der Waals surface area contributed by atoms with Crippen LogP contribution in [0.5, 0.6) is 0 Å². The molecular weight excluding hydrogens is 819 g/mol. The number of carbonyl (C=O) groups excluding carboxylic acids is 5. The summed E-state index contributed by atoms with van der Waals surface area (Å²) in [5, 5.41) is 76.0. The van der Waals surface area contributed by atoms with Crippen molar-refractivity contribution in [1.82, 2.24) is 31.9 Å². The van der Waals surface area contributed by atoms with Crippen LogP contribution in [0.3, 0.4) is 0 Å². The molecule has 0 aromatic rings. The lowest BCUT2D eigenvalue weighted by molar-refractivity contribution is -0.269. The predicted octanol–water partition coefficient (Wildman–Crippen LogP) is -3.12. The lowest BCUT2D eigenvalue weighted by Gasteiger charge is -2.42. The van der Waals surface area contributed by atoms with Gasteiger partial charge in [-0.25, -0.2) is 0 Å². The lowest BCUT2D eigenvalue weighted by Crippen LogP contribution is -2.64. The Bertz CT molecular complexity index is 1270. The van der Waals surface area contributed by atoms with E-state index in [1.165, 1.54) is 32.5 Å². The van der Waals surface area contributed by atoms with Gasteiger partial charge in [-0.3, -0.25) is 24.0 Å². The summed E-state index contributed by atoms with van der Waals surface area (Å²) in [5.41, 5.74) is -0.727. The Morgan fingerprint density at radius 1 is 0.881 bits per heavy atom. The SMILES string of the molecule is CCNC(=O)CCC(CCC(=O)NCPCOC(OC(CO)[C@@H](C)O)[C@H](CO)NC(C)=O)(CCC(=O)NCSC(C)COC1OC(CO)C(O)C(O)C1NC(C)=O)NC. The quantitative estimate of drug-likeness (QED) is 0.0186. The second-order valence-corrected chi connectivity index (χ2v) is 16.8. The maximum absolute atomic E-state index is 13.0. The molecule has 1 saturated heterocycles. The molecule has 59 heavy (non-hydrogen) atoms. The van der Waals surface area contributed by atoms with Gasteiger partial charge in [0.2, 0.25) is 29.5 Å². The summed E-state index contributed by atoms with van der Waals surface area (Å²) in [5.74, 6) is -1.35. The fourth-order valence-electron chi connectivity index (χ4n) is 5.97. The van der Waals surface area contributed by atoms with E-state index in [9.17, 15) is 54.6 Å². The molecule has 1 rings (SSSR count). The van der Waals surface area contributed by atoms with Gasteiger partial charge in [0.15, 0.2) is 12.6 Å². The number of aliphatic hydroxyl groups is 6. The highest BCUT2D eigenvalue weighted by Crippen LogP contribution is 2.27. The first-order valence-electron chi connectivity index (χ1n) is 19.7. The van der Waals surface area contributed by atoms with Crippen molar-refractivity contribution in [3.05, 3.63) is 0 Å². The first-order chi connectivity index (χ1) is 28.0. The molecular formula is C36H69N6O15PS. The van der Waals surface area contributed by atoms with Gasteiger partial charge in [0.1, 0.15) is 36.5 Å². The summed E-state index contributed by atoms with van der Waals surface area (Å²) in [6.45, 7) is 6.50. The number of nitrogens with one attached hydrogen (secondary N) is 6. The summed E-state index contributed by atoms with van der Waals surface area (Å²) < 4.78 is 22.8. The van der Waals surface area contributed by atoms with Crippen molar-refractivity contribution in [1.29, 1.82) is 0 Å². The zero-order chi connectivity index (χ0) is 44.5. The van der Waals surface area contributed by atoms with E-state index < -0.39 is 92.4 Å². The minimum atomic E-state index is -1.43. The molecule has 12 N–H and O–H groups in total. The highest BCUT2D eigenvalue weighted by molar-refractivity contribution is 7.99. The van der Waals surface area contributed by atoms with Crippen LogP contribution in [0.1, 0.15) is 73.1 Å². The Balaban J connectivity index is 2.71. The van der Waals surface area contributed by atoms with Gasteiger partial charge in [-0.15, -0.1) is 11.8 Å². The third kappa shape index (κ3) is 21.4. The highest BCUT2D eigenvalue weighted by atomic mass is 32.2. The molecule has 0 spiro atoms. The average Bonchev–Trinajstić information content (AvgIpc) is 3.19. The standard InChI is InChI=1S/C36H69N6O15PS/c1-7-38-28(49)8-11-36(37-6,12-9-29(50)39-18-58-20-55-34(25(14-43)41-23(4)47)56-26(15-44)22(3)46)13-10-30(51)40-19-59-21(2)17-54-35-31(42-24(5)48)33(53)32(52)27(16-45)57-35/h21-22,25-27,31-35,37,43-46,52-53,58H,7-20H2,1-6H3,(H,38,49)(H,39,50)(H,40,51)(H,41,47)(H,42,48)/t21?,22-,25+,26?,27?,31?,32?,33?,34?,35?,36?/m1/s1. The predicted molar refractivity (Wildman–Crippen MR) is 219 cm³/mol. The zero-order valence-corrected chi connectivity index (χ0v) is 36.8. The highest BCUT2D eigenvalue weighted by Gasteiger charge is 2.45. The molecule has 344 valence electrons. The number of hydrogen-bond acceptors (Lipinski definition) is 17. The number of rotatable bonds is 31. The summed E-state index contributed by atoms with van der Waals surface area (Å²) in [7, 11) is 1.76. The normalized spacial score (nSPS) is 23.0. The molecule has 1 aliphatic rings. The van der Waals surface area contributed by atoms with Crippen molar-refractivity contribution >= 4 is 49.9 Å². The first kappa shape index (κ1) is 54.7. The van der Waals surface area contributed by atoms with Crippen LogP contribution in [-0.2, 0) is 42.9 Å². The largest absolute Gasteiger partial charge is 0.394 e. The molecule has 5 amide bonds. The number of hydrogen-bond donors (Lipinski definition) is 12. The van der Waals surface area contributed by atoms with Crippen molar-refractivity contribution in [2.45, 2.75) is 139 Å². The van der Waals surface area contributed by atoms with Crippen LogP contribution in [0.15, 0.2) is 0 Å². The van der Waals surface area contributed by atoms with E-state index in [2.05, 4.69) is 31.9 Å². The monoisotopic (exact) mass is 888 g/mol. The topological polar surface area (TPSA) is 316 Å². The van der Waals surface area contributed by atoms with E-state index >= 15 is 0 Å². The number of carbonyl (C=O) groups is 5. The van der Waals surface area contributed by atoms with Crippen LogP contribution < -0.4 is 31.9 Å². The second kappa shape index (κ2) is 29.9. The fourth-order valence-corrected chi connectivity index (χ4v) is 7.38. The Morgan fingerprint density at radius 2 is 1.49 bits per heavy atom. The molecule has 1 fully saturated rings. The van der Waals surface area contributed by atoms with Crippen molar-refractivity contribution in [2.75, 3.05) is 58.5 Å². The van der Waals surface area contributed by atoms with E-state index in [4.69, 9.17) is 18.9 Å². The Morgan fingerprint density at radius 3 is 2.00 bits per heavy atom. The van der Waals surface area contributed by atoms with Crippen LogP contribution in [0.4, 0.5) is 0 Å². The molecule has 12 atom stereocenters. The van der Waals surface area contributed by atoms with E-state index in [0.29, 0.717) is 25.8 Å². The lowest BCUT2D eigenvalue weighted by atomic mass is 9.83. The minimum Gasteiger partial charge on any atom is -0.394 e. The molecule has 0 aromatic carbocycles. The Labute approximate surface area is 352 Å². The molecule has 1 heterocycles. The van der Waals surface area contributed by atoms with E-state index in [1.807, 2.05) is 13.8 Å². The van der Waals surface area contributed by atoms with Crippen LogP contribution in [0, 0.1) is 0 Å². The van der Waals surface area contributed by atoms with E-state index in [1.54, 1.807) is 7.05 Å². The summed E-state index contributed by atoms with van der Waals surface area (Å²) in [6.07, 6.45) is -6.70. The zero-order valence-electron chi connectivity index (χ0n) is 34.9. The summed E-state index contributed by atoms with van der Waals surface area (Å²) in [4.78, 5) is 61.6. The van der Waals surface area contributed by atoms with Gasteiger partial charge < -0.3 is 81.5 Å². The number of thioether (sulfide) groups is 1. The van der Waals surface area contributed by atoms with Gasteiger partial charge in [-0.2, -0.15) is 0 Å². The third-order valence-corrected chi connectivity index (χ3v) is 11.3. The Hall–Kier alpha value is -2.31. The van der Waals surface area contributed by atoms with Gasteiger partial charge in [-0.1, -0.05) is 15.5 Å². The third-order valence-electron chi connectivity index (χ3n) is 9.48. The minimum absolute atomic E-state index is 0.0428.